The molecule has 49 heavy (non-hydrogen) atoms. The van der Waals surface area contributed by atoms with Gasteiger partial charge < -0.3 is 29.1 Å². The van der Waals surface area contributed by atoms with Gasteiger partial charge in [-0.3, -0.25) is 9.69 Å². The Morgan fingerprint density at radius 3 is 2.61 bits per heavy atom. The molecular weight excluding hydrogens is 640 g/mol. The molecule has 258 valence electrons. The number of carbonyl (C=O) groups is 1. The summed E-state index contributed by atoms with van der Waals surface area (Å²) in [5.74, 6) is 0.699. The molecule has 0 bridgehead atoms. The van der Waals surface area contributed by atoms with E-state index in [4.69, 9.17) is 31.0 Å². The predicted molar refractivity (Wildman–Crippen MR) is 191 cm³/mol. The van der Waals surface area contributed by atoms with Gasteiger partial charge in [-0.05, 0) is 50.8 Å². The van der Waals surface area contributed by atoms with Crippen molar-refractivity contribution in [3.63, 3.8) is 0 Å². The van der Waals surface area contributed by atoms with Crippen LogP contribution in [0, 0.1) is 11.3 Å². The molecule has 1 amide bonds. The van der Waals surface area contributed by atoms with Crippen LogP contribution >= 0.6 is 11.6 Å². The van der Waals surface area contributed by atoms with Crippen molar-refractivity contribution in [2.75, 3.05) is 82.4 Å². The van der Waals surface area contributed by atoms with Gasteiger partial charge in [0.1, 0.15) is 12.4 Å². The molecule has 0 unspecified atom stereocenters. The smallest absolute Gasteiger partial charge is 0.318 e. The van der Waals surface area contributed by atoms with E-state index in [1.54, 1.807) is 4.90 Å². The lowest BCUT2D eigenvalue weighted by Gasteiger charge is -2.42. The van der Waals surface area contributed by atoms with Gasteiger partial charge in [-0.15, -0.1) is 0 Å². The SMILES string of the molecule is CCO/C=C/C(=O)N1CCN(c2nc(OCC3(N4CCN(C)CC4)CC3)nc3c2CCN(c2cccc4cccc(Cl)c24)C3)C[C@@H]1CC#N. The fourth-order valence-corrected chi connectivity index (χ4v) is 7.83. The summed E-state index contributed by atoms with van der Waals surface area (Å²) < 4.78 is 11.8. The first-order chi connectivity index (χ1) is 23.9. The maximum atomic E-state index is 13.1. The van der Waals surface area contributed by atoms with E-state index in [1.165, 1.54) is 12.3 Å². The predicted octanol–water partition coefficient (Wildman–Crippen LogP) is 4.49. The fourth-order valence-electron chi connectivity index (χ4n) is 7.55. The van der Waals surface area contributed by atoms with E-state index in [0.717, 1.165) is 90.5 Å². The van der Waals surface area contributed by atoms with Crippen LogP contribution in [0.25, 0.3) is 10.8 Å². The lowest BCUT2D eigenvalue weighted by Crippen LogP contribution is -2.55. The molecule has 7 rings (SSSR count). The average molecular weight is 685 g/mol. The molecule has 11 nitrogen and oxygen atoms in total. The number of aromatic nitrogens is 2. The molecule has 0 radical (unpaired) electrons. The Morgan fingerprint density at radius 2 is 1.86 bits per heavy atom. The zero-order chi connectivity index (χ0) is 34.0. The molecule has 1 aliphatic carbocycles. The van der Waals surface area contributed by atoms with Crippen molar-refractivity contribution in [2.45, 2.75) is 50.7 Å². The van der Waals surface area contributed by atoms with E-state index in [9.17, 15) is 10.1 Å². The number of ether oxygens (including phenoxy) is 2. The van der Waals surface area contributed by atoms with Crippen LogP contribution in [-0.2, 0) is 22.5 Å². The molecular formula is C37H45ClN8O3. The van der Waals surface area contributed by atoms with Crippen molar-refractivity contribution in [3.05, 3.63) is 65.0 Å². The first-order valence-corrected chi connectivity index (χ1v) is 17.9. The molecule has 12 heteroatoms. The van der Waals surface area contributed by atoms with E-state index >= 15 is 0 Å². The Labute approximate surface area is 293 Å². The second kappa shape index (κ2) is 14.4. The maximum absolute atomic E-state index is 13.1. The number of amides is 1. The highest BCUT2D eigenvalue weighted by Gasteiger charge is 2.49. The van der Waals surface area contributed by atoms with E-state index in [-0.39, 0.29) is 23.9 Å². The van der Waals surface area contributed by atoms with E-state index in [0.29, 0.717) is 45.4 Å². The third-order valence-electron chi connectivity index (χ3n) is 10.5. The quantitative estimate of drug-likeness (QED) is 0.224. The maximum Gasteiger partial charge on any atom is 0.318 e. The van der Waals surface area contributed by atoms with Crippen LogP contribution in [0.3, 0.4) is 0 Å². The Balaban J connectivity index is 1.18. The Bertz CT molecular complexity index is 1740. The molecule has 1 aromatic heterocycles. The van der Waals surface area contributed by atoms with Crippen LogP contribution in [0.15, 0.2) is 48.7 Å². The molecule has 2 saturated heterocycles. The zero-order valence-electron chi connectivity index (χ0n) is 28.5. The van der Waals surface area contributed by atoms with Crippen molar-refractivity contribution >= 4 is 39.8 Å². The number of nitrogens with zero attached hydrogens (tertiary/aromatic N) is 8. The molecule has 1 saturated carbocycles. The zero-order valence-corrected chi connectivity index (χ0v) is 29.2. The van der Waals surface area contributed by atoms with Gasteiger partial charge >= 0.3 is 6.01 Å². The summed E-state index contributed by atoms with van der Waals surface area (Å²) in [7, 11) is 2.18. The lowest BCUT2D eigenvalue weighted by atomic mass is 10.0. The van der Waals surface area contributed by atoms with Gasteiger partial charge in [-0.2, -0.15) is 15.2 Å². The van der Waals surface area contributed by atoms with Crippen molar-refractivity contribution in [1.82, 2.24) is 24.7 Å². The number of benzene rings is 2. The first kappa shape index (κ1) is 33.4. The van der Waals surface area contributed by atoms with Crippen LogP contribution in [0.5, 0.6) is 6.01 Å². The molecule has 3 aromatic rings. The molecule has 0 N–H and O–H groups in total. The lowest BCUT2D eigenvalue weighted by molar-refractivity contribution is -0.128. The summed E-state index contributed by atoms with van der Waals surface area (Å²) >= 11 is 6.76. The van der Waals surface area contributed by atoms with Crippen LogP contribution in [0.2, 0.25) is 5.02 Å². The normalized spacial score (nSPS) is 21.1. The number of hydrogen-bond acceptors (Lipinski definition) is 10. The van der Waals surface area contributed by atoms with Crippen LogP contribution < -0.4 is 14.5 Å². The van der Waals surface area contributed by atoms with Crippen molar-refractivity contribution in [2.24, 2.45) is 0 Å². The molecule has 4 aliphatic rings. The van der Waals surface area contributed by atoms with Gasteiger partial charge in [0.25, 0.3) is 0 Å². The van der Waals surface area contributed by atoms with Gasteiger partial charge in [0.05, 0.1) is 54.2 Å². The Kier molecular flexibility index (Phi) is 9.81. The standard InChI is InChI=1S/C37H45ClN8O3/c1-3-48-23-12-33(47)46-22-19-44(24-28(46)10-15-39)35-29-11-16-43(32-9-5-7-27-6-4-8-30(38)34(27)32)25-31(29)40-36(41-35)49-26-37(13-14-37)45-20-17-42(2)18-21-45/h4-9,12,23,28H,3,10-11,13-14,16-22,24-26H2,1-2H3/b23-12+/t28-/m0/s1. The number of fused-ring (bicyclic) bond motifs is 2. The highest BCUT2D eigenvalue weighted by molar-refractivity contribution is 6.36. The average Bonchev–Trinajstić information content (AvgIpc) is 3.91. The molecule has 3 aliphatic heterocycles. The summed E-state index contributed by atoms with van der Waals surface area (Å²) in [6.45, 7) is 10.1. The van der Waals surface area contributed by atoms with Crippen molar-refractivity contribution in [3.8, 4) is 12.1 Å². The summed E-state index contributed by atoms with van der Waals surface area (Å²) in [5, 5.41) is 12.6. The molecule has 0 spiro atoms. The summed E-state index contributed by atoms with van der Waals surface area (Å²) in [6.07, 6.45) is 6.10. The molecule has 1 atom stereocenters. The van der Waals surface area contributed by atoms with Crippen molar-refractivity contribution < 1.29 is 14.3 Å². The van der Waals surface area contributed by atoms with E-state index in [1.807, 2.05) is 19.1 Å². The number of halogens is 1. The monoisotopic (exact) mass is 684 g/mol. The third-order valence-corrected chi connectivity index (χ3v) is 10.8. The summed E-state index contributed by atoms with van der Waals surface area (Å²) in [5.41, 5.74) is 3.17. The van der Waals surface area contributed by atoms with Crippen LogP contribution in [0.4, 0.5) is 11.5 Å². The third kappa shape index (κ3) is 7.00. The van der Waals surface area contributed by atoms with Gasteiger partial charge in [-0.25, -0.2) is 0 Å². The number of hydrogen-bond donors (Lipinski definition) is 0. The molecule has 3 fully saturated rings. The number of carbonyl (C=O) groups excluding carboxylic acids is 1. The van der Waals surface area contributed by atoms with Gasteiger partial charge in [0.2, 0.25) is 5.91 Å². The number of piperazine rings is 2. The highest BCUT2D eigenvalue weighted by Crippen LogP contribution is 2.43. The first-order valence-electron chi connectivity index (χ1n) is 17.5. The Hall–Kier alpha value is -4.11. The minimum atomic E-state index is -0.280. The van der Waals surface area contributed by atoms with Gasteiger partial charge in [0, 0.05) is 75.1 Å². The highest BCUT2D eigenvalue weighted by atomic mass is 35.5. The minimum absolute atomic E-state index is 0.0469. The summed E-state index contributed by atoms with van der Waals surface area (Å²) in [4.78, 5) is 34.6. The Morgan fingerprint density at radius 1 is 1.06 bits per heavy atom. The van der Waals surface area contributed by atoms with Crippen LogP contribution in [0.1, 0.15) is 37.4 Å². The number of likely N-dealkylation sites (N-methyl/N-ethyl adjacent to an activating group) is 1. The number of rotatable bonds is 10. The minimum Gasteiger partial charge on any atom is -0.501 e. The number of anilines is 2. The fraction of sp³-hybridized carbons (Fsp3) is 0.514. The number of nitriles is 1. The van der Waals surface area contributed by atoms with E-state index < -0.39 is 0 Å². The van der Waals surface area contributed by atoms with Gasteiger partial charge in [0.15, 0.2) is 0 Å². The molecule has 4 heterocycles. The van der Waals surface area contributed by atoms with Crippen molar-refractivity contribution in [1.29, 1.82) is 5.26 Å². The second-order valence-electron chi connectivity index (χ2n) is 13.6. The van der Waals surface area contributed by atoms with Crippen LogP contribution in [-0.4, -0.2) is 115 Å². The van der Waals surface area contributed by atoms with E-state index in [2.05, 4.69) is 57.0 Å². The topological polar surface area (TPSA) is 101 Å². The molecule has 2 aromatic carbocycles. The van der Waals surface area contributed by atoms with Gasteiger partial charge in [-0.1, -0.05) is 35.9 Å². The summed E-state index contributed by atoms with van der Waals surface area (Å²) in [6, 6.07) is 14.7. The second-order valence-corrected chi connectivity index (χ2v) is 14.0. The largest absolute Gasteiger partial charge is 0.501 e.